The Kier molecular flexibility index (Phi) is 52.8. The Balaban J connectivity index is 4.34. The summed E-state index contributed by atoms with van der Waals surface area (Å²) in [6.45, 7) is 6.60. The molecule has 0 aliphatic rings. The van der Waals surface area contributed by atoms with E-state index in [1.807, 2.05) is 0 Å². The van der Waals surface area contributed by atoms with Crippen molar-refractivity contribution in [3.63, 3.8) is 0 Å². The molecule has 66 heavy (non-hydrogen) atoms. The molecule has 384 valence electrons. The summed E-state index contributed by atoms with van der Waals surface area (Å²) in [6.07, 6.45) is 66.7. The molecule has 0 aromatic rings. The van der Waals surface area contributed by atoms with Crippen LogP contribution >= 0.6 is 0 Å². The lowest BCUT2D eigenvalue weighted by molar-refractivity contribution is -0.167. The van der Waals surface area contributed by atoms with Gasteiger partial charge in [0, 0.05) is 19.3 Å². The number of unbranched alkanes of at least 4 members (excludes halogenated alkanes) is 33. The molecule has 1 unspecified atom stereocenters. The van der Waals surface area contributed by atoms with Crippen LogP contribution in [0.15, 0.2) is 48.6 Å². The fraction of sp³-hybridized carbons (Fsp3) is 0.817. The van der Waals surface area contributed by atoms with Gasteiger partial charge in [0.25, 0.3) is 0 Å². The molecule has 0 N–H and O–H groups in total. The van der Waals surface area contributed by atoms with Crippen LogP contribution in [-0.2, 0) is 28.6 Å². The second-order valence-electron chi connectivity index (χ2n) is 19.2. The lowest BCUT2D eigenvalue weighted by Crippen LogP contribution is -2.30. The summed E-state index contributed by atoms with van der Waals surface area (Å²) in [5, 5.41) is 0. The van der Waals surface area contributed by atoms with Crippen LogP contribution in [-0.4, -0.2) is 37.2 Å². The van der Waals surface area contributed by atoms with Crippen molar-refractivity contribution in [3.05, 3.63) is 48.6 Å². The molecule has 6 heteroatoms. The molecule has 0 aliphatic carbocycles. The number of rotatable bonds is 52. The molecule has 0 aliphatic heterocycles. The third kappa shape index (κ3) is 52.3. The minimum absolute atomic E-state index is 0.0786. The van der Waals surface area contributed by atoms with Crippen LogP contribution in [0.1, 0.15) is 297 Å². The van der Waals surface area contributed by atoms with E-state index in [1.165, 1.54) is 180 Å². The van der Waals surface area contributed by atoms with E-state index in [9.17, 15) is 14.4 Å². The zero-order chi connectivity index (χ0) is 47.9. The predicted molar refractivity (Wildman–Crippen MR) is 284 cm³/mol. The summed E-state index contributed by atoms with van der Waals surface area (Å²) in [5.41, 5.74) is 0. The third-order valence-corrected chi connectivity index (χ3v) is 12.5. The average Bonchev–Trinajstić information content (AvgIpc) is 3.31. The van der Waals surface area contributed by atoms with Crippen LogP contribution in [0.2, 0.25) is 0 Å². The fourth-order valence-electron chi connectivity index (χ4n) is 8.17. The molecular weight excluding hydrogens is 817 g/mol. The molecule has 0 fully saturated rings. The van der Waals surface area contributed by atoms with E-state index in [4.69, 9.17) is 14.2 Å². The van der Waals surface area contributed by atoms with Crippen molar-refractivity contribution >= 4 is 17.9 Å². The Morgan fingerprint density at radius 2 is 0.545 bits per heavy atom. The summed E-state index contributed by atoms with van der Waals surface area (Å²) >= 11 is 0. The number of hydrogen-bond donors (Lipinski definition) is 0. The molecule has 0 aromatic heterocycles. The van der Waals surface area contributed by atoms with Crippen LogP contribution in [0.3, 0.4) is 0 Å². The first-order chi connectivity index (χ1) is 32.5. The van der Waals surface area contributed by atoms with Crippen LogP contribution in [0.25, 0.3) is 0 Å². The molecule has 0 radical (unpaired) electrons. The number of allylic oxidation sites excluding steroid dienone is 8. The molecule has 1 atom stereocenters. The summed E-state index contributed by atoms with van der Waals surface area (Å²) in [7, 11) is 0. The van der Waals surface area contributed by atoms with Gasteiger partial charge in [-0.2, -0.15) is 0 Å². The minimum atomic E-state index is -0.780. The largest absolute Gasteiger partial charge is 0.462 e. The van der Waals surface area contributed by atoms with Crippen molar-refractivity contribution in [2.75, 3.05) is 13.2 Å². The first-order valence-corrected chi connectivity index (χ1v) is 28.6. The number of esters is 3. The Hall–Kier alpha value is -2.63. The van der Waals surface area contributed by atoms with Gasteiger partial charge in [0.05, 0.1) is 0 Å². The molecule has 0 saturated carbocycles. The van der Waals surface area contributed by atoms with Crippen molar-refractivity contribution in [1.29, 1.82) is 0 Å². The topological polar surface area (TPSA) is 78.9 Å². The van der Waals surface area contributed by atoms with Gasteiger partial charge in [-0.3, -0.25) is 14.4 Å². The van der Waals surface area contributed by atoms with E-state index in [1.54, 1.807) is 0 Å². The first-order valence-electron chi connectivity index (χ1n) is 28.6. The maximum atomic E-state index is 12.8. The van der Waals surface area contributed by atoms with Crippen molar-refractivity contribution in [2.45, 2.75) is 303 Å². The lowest BCUT2D eigenvalue weighted by atomic mass is 10.1. The second kappa shape index (κ2) is 55.0. The van der Waals surface area contributed by atoms with E-state index in [2.05, 4.69) is 69.4 Å². The molecule has 0 amide bonds. The Bertz CT molecular complexity index is 1150. The van der Waals surface area contributed by atoms with Crippen LogP contribution in [0.4, 0.5) is 0 Å². The maximum Gasteiger partial charge on any atom is 0.306 e. The number of hydrogen-bond acceptors (Lipinski definition) is 6. The normalized spacial score (nSPS) is 12.3. The van der Waals surface area contributed by atoms with Gasteiger partial charge in [-0.05, 0) is 103 Å². The van der Waals surface area contributed by atoms with Crippen LogP contribution < -0.4 is 0 Å². The Morgan fingerprint density at radius 1 is 0.303 bits per heavy atom. The van der Waals surface area contributed by atoms with Gasteiger partial charge >= 0.3 is 17.9 Å². The molecule has 0 saturated heterocycles. The molecule has 0 heterocycles. The molecular formula is C60H108O6. The quantitative estimate of drug-likeness (QED) is 0.0262. The van der Waals surface area contributed by atoms with Gasteiger partial charge in [-0.15, -0.1) is 0 Å². The molecule has 6 nitrogen and oxygen atoms in total. The van der Waals surface area contributed by atoms with Gasteiger partial charge in [-0.25, -0.2) is 0 Å². The highest BCUT2D eigenvalue weighted by atomic mass is 16.6. The van der Waals surface area contributed by atoms with Gasteiger partial charge < -0.3 is 14.2 Å². The maximum absolute atomic E-state index is 12.8. The molecule has 0 spiro atoms. The smallest absolute Gasteiger partial charge is 0.306 e. The van der Waals surface area contributed by atoms with Crippen molar-refractivity contribution < 1.29 is 28.6 Å². The van der Waals surface area contributed by atoms with Gasteiger partial charge in [0.2, 0.25) is 0 Å². The van der Waals surface area contributed by atoms with E-state index >= 15 is 0 Å². The van der Waals surface area contributed by atoms with E-state index in [0.29, 0.717) is 19.3 Å². The standard InChI is InChI=1S/C60H108O6/c1-4-7-10-13-16-19-22-25-27-29-30-32-33-35-38-41-44-47-50-53-59(62)65-56-57(55-64-58(61)52-49-46-43-40-37-24-21-18-15-12-9-6-3)66-60(63)54-51-48-45-42-39-36-34-31-28-26-23-20-17-14-11-8-5-2/h17-18,20-21,25-28,57H,4-16,19,22-24,29-56H2,1-3H3/b20-17-,21-18-,27-25-,28-26-. The highest BCUT2D eigenvalue weighted by Gasteiger charge is 2.19. The second-order valence-corrected chi connectivity index (χ2v) is 19.2. The molecule has 0 rings (SSSR count). The van der Waals surface area contributed by atoms with E-state index in [0.717, 1.165) is 77.0 Å². The number of ether oxygens (including phenoxy) is 3. The predicted octanol–water partition coefficient (Wildman–Crippen LogP) is 19.0. The Labute approximate surface area is 409 Å². The summed E-state index contributed by atoms with van der Waals surface area (Å²) in [4.78, 5) is 38.1. The van der Waals surface area contributed by atoms with Gasteiger partial charge in [0.1, 0.15) is 13.2 Å². The third-order valence-electron chi connectivity index (χ3n) is 12.5. The van der Waals surface area contributed by atoms with Gasteiger partial charge in [-0.1, -0.05) is 223 Å². The molecule has 0 bridgehead atoms. The number of carbonyl (C=O) groups is 3. The highest BCUT2D eigenvalue weighted by Crippen LogP contribution is 2.15. The number of carbonyl (C=O) groups excluding carboxylic acids is 3. The molecule has 0 aromatic carbocycles. The van der Waals surface area contributed by atoms with Gasteiger partial charge in [0.15, 0.2) is 6.10 Å². The van der Waals surface area contributed by atoms with Crippen LogP contribution in [0.5, 0.6) is 0 Å². The first kappa shape index (κ1) is 63.4. The zero-order valence-electron chi connectivity index (χ0n) is 44.0. The highest BCUT2D eigenvalue weighted by molar-refractivity contribution is 5.71. The SMILES string of the molecule is CCCCC/C=C\C/C=C\CCCCCCCCCC(=O)OC(COC(=O)CCCCCCC/C=C\CCCCC)COC(=O)CCCCCCCCCCC/C=C\CCCCCCCC. The minimum Gasteiger partial charge on any atom is -0.462 e. The van der Waals surface area contributed by atoms with Crippen LogP contribution in [0, 0.1) is 0 Å². The van der Waals surface area contributed by atoms with E-state index < -0.39 is 6.10 Å². The fourth-order valence-corrected chi connectivity index (χ4v) is 8.17. The van der Waals surface area contributed by atoms with Crippen molar-refractivity contribution in [1.82, 2.24) is 0 Å². The Morgan fingerprint density at radius 3 is 0.879 bits per heavy atom. The summed E-state index contributed by atoms with van der Waals surface area (Å²) in [6, 6.07) is 0. The average molecular weight is 926 g/mol. The summed E-state index contributed by atoms with van der Waals surface area (Å²) < 4.78 is 16.8. The lowest BCUT2D eigenvalue weighted by Gasteiger charge is -2.18. The summed E-state index contributed by atoms with van der Waals surface area (Å²) in [5.74, 6) is -0.886. The monoisotopic (exact) mass is 925 g/mol. The zero-order valence-corrected chi connectivity index (χ0v) is 44.0. The van der Waals surface area contributed by atoms with Crippen molar-refractivity contribution in [2.24, 2.45) is 0 Å². The van der Waals surface area contributed by atoms with E-state index in [-0.39, 0.29) is 31.1 Å². The van der Waals surface area contributed by atoms with Crippen molar-refractivity contribution in [3.8, 4) is 0 Å².